The van der Waals surface area contributed by atoms with Crippen molar-refractivity contribution in [3.05, 3.63) is 17.7 Å². The highest BCUT2D eigenvalue weighted by Crippen LogP contribution is 2.39. The van der Waals surface area contributed by atoms with E-state index in [1.807, 2.05) is 0 Å². The Kier molecular flexibility index (Phi) is 7.50. The van der Waals surface area contributed by atoms with Crippen LogP contribution in [-0.2, 0) is 0 Å². The highest BCUT2D eigenvalue weighted by atomic mass is 35.5. The molecule has 1 atom stereocenters. The molecule has 0 aromatic heterocycles. The molecule has 0 heterocycles. The zero-order chi connectivity index (χ0) is 12.8. The molecule has 0 aliphatic carbocycles. The summed E-state index contributed by atoms with van der Waals surface area (Å²) in [5, 5.41) is 12.8. The van der Waals surface area contributed by atoms with Gasteiger partial charge in [-0.05, 0) is 24.7 Å². The number of ether oxygens (including phenoxy) is 3. The van der Waals surface area contributed by atoms with Crippen molar-refractivity contribution in [1.82, 2.24) is 5.32 Å². The van der Waals surface area contributed by atoms with Gasteiger partial charge in [-0.15, -0.1) is 12.4 Å². The first-order valence-corrected chi connectivity index (χ1v) is 5.30. The molecule has 0 aliphatic heterocycles. The van der Waals surface area contributed by atoms with Crippen molar-refractivity contribution >= 4 is 12.4 Å². The molecule has 1 aromatic rings. The Hall–Kier alpha value is -1.17. The van der Waals surface area contributed by atoms with Gasteiger partial charge in [-0.3, -0.25) is 0 Å². The van der Waals surface area contributed by atoms with Crippen LogP contribution < -0.4 is 19.5 Å². The lowest BCUT2D eigenvalue weighted by Gasteiger charge is -2.16. The number of methoxy groups -OCH3 is 3. The van der Waals surface area contributed by atoms with Crippen LogP contribution in [0.2, 0.25) is 0 Å². The molecule has 104 valence electrons. The van der Waals surface area contributed by atoms with Crippen LogP contribution in [0.5, 0.6) is 17.2 Å². The van der Waals surface area contributed by atoms with E-state index in [1.54, 1.807) is 40.5 Å². The lowest BCUT2D eigenvalue weighted by molar-refractivity contribution is 0.176. The van der Waals surface area contributed by atoms with E-state index in [2.05, 4.69) is 5.32 Å². The summed E-state index contributed by atoms with van der Waals surface area (Å²) >= 11 is 0. The minimum atomic E-state index is -0.617. The van der Waals surface area contributed by atoms with Gasteiger partial charge in [-0.2, -0.15) is 0 Å². The first-order chi connectivity index (χ1) is 8.17. The molecule has 0 fully saturated rings. The van der Waals surface area contributed by atoms with E-state index in [0.29, 0.717) is 29.4 Å². The van der Waals surface area contributed by atoms with Gasteiger partial charge in [0.25, 0.3) is 0 Å². The molecule has 2 N–H and O–H groups in total. The predicted octanol–water partition coefficient (Wildman–Crippen LogP) is 1.39. The average Bonchev–Trinajstić information content (AvgIpc) is 2.37. The first kappa shape index (κ1) is 16.8. The summed E-state index contributed by atoms with van der Waals surface area (Å²) in [6.45, 7) is 0.457. The molecule has 0 spiro atoms. The van der Waals surface area contributed by atoms with E-state index in [4.69, 9.17) is 14.2 Å². The van der Waals surface area contributed by atoms with Gasteiger partial charge in [0.1, 0.15) is 0 Å². The molecule has 0 aliphatic rings. The molecule has 0 amide bonds. The number of rotatable bonds is 6. The fourth-order valence-electron chi connectivity index (χ4n) is 1.60. The second-order valence-electron chi connectivity index (χ2n) is 3.53. The lowest BCUT2D eigenvalue weighted by Crippen LogP contribution is -2.16. The normalized spacial score (nSPS) is 11.4. The van der Waals surface area contributed by atoms with E-state index in [-0.39, 0.29) is 12.4 Å². The highest BCUT2D eigenvalue weighted by molar-refractivity contribution is 5.85. The number of benzene rings is 1. The highest BCUT2D eigenvalue weighted by Gasteiger charge is 2.16. The van der Waals surface area contributed by atoms with E-state index in [1.165, 1.54) is 0 Å². The maximum absolute atomic E-state index is 9.91. The van der Waals surface area contributed by atoms with Crippen LogP contribution in [0, 0.1) is 0 Å². The van der Waals surface area contributed by atoms with Gasteiger partial charge < -0.3 is 24.6 Å². The largest absolute Gasteiger partial charge is 0.493 e. The van der Waals surface area contributed by atoms with Gasteiger partial charge in [0, 0.05) is 6.54 Å². The smallest absolute Gasteiger partial charge is 0.203 e. The molecule has 18 heavy (non-hydrogen) atoms. The molecule has 0 saturated carbocycles. The number of aliphatic hydroxyl groups is 1. The third-order valence-electron chi connectivity index (χ3n) is 2.47. The molecule has 0 bridgehead atoms. The third kappa shape index (κ3) is 3.66. The monoisotopic (exact) mass is 277 g/mol. The van der Waals surface area contributed by atoms with Crippen LogP contribution in [0.1, 0.15) is 11.7 Å². The minimum Gasteiger partial charge on any atom is -0.493 e. The number of likely N-dealkylation sites (N-methyl/N-ethyl adjacent to an activating group) is 1. The van der Waals surface area contributed by atoms with Crippen molar-refractivity contribution < 1.29 is 19.3 Å². The van der Waals surface area contributed by atoms with E-state index in [0.717, 1.165) is 0 Å². The van der Waals surface area contributed by atoms with Gasteiger partial charge >= 0.3 is 0 Å². The van der Waals surface area contributed by atoms with Gasteiger partial charge in [-0.25, -0.2) is 0 Å². The third-order valence-corrected chi connectivity index (χ3v) is 2.47. The number of halogens is 1. The molecule has 1 aromatic carbocycles. The molecular formula is C12H20ClNO4. The van der Waals surface area contributed by atoms with Crippen molar-refractivity contribution in [2.24, 2.45) is 0 Å². The summed E-state index contributed by atoms with van der Waals surface area (Å²) in [4.78, 5) is 0. The minimum absolute atomic E-state index is 0. The van der Waals surface area contributed by atoms with Crippen LogP contribution in [0.3, 0.4) is 0 Å². The summed E-state index contributed by atoms with van der Waals surface area (Å²) in [6.07, 6.45) is -0.617. The zero-order valence-electron chi connectivity index (χ0n) is 11.0. The maximum Gasteiger partial charge on any atom is 0.203 e. The van der Waals surface area contributed by atoms with E-state index in [9.17, 15) is 5.11 Å². The first-order valence-electron chi connectivity index (χ1n) is 5.30. The predicted molar refractivity (Wildman–Crippen MR) is 72.2 cm³/mol. The van der Waals surface area contributed by atoms with Crippen LogP contribution >= 0.6 is 12.4 Å². The Morgan fingerprint density at radius 3 is 1.94 bits per heavy atom. The summed E-state index contributed by atoms with van der Waals surface area (Å²) < 4.78 is 15.6. The molecular weight excluding hydrogens is 258 g/mol. The fraction of sp³-hybridized carbons (Fsp3) is 0.500. The number of hydrogen-bond donors (Lipinski definition) is 2. The Morgan fingerprint density at radius 2 is 1.61 bits per heavy atom. The average molecular weight is 278 g/mol. The van der Waals surface area contributed by atoms with Crippen LogP contribution in [0.4, 0.5) is 0 Å². The maximum atomic E-state index is 9.91. The Balaban J connectivity index is 0.00000289. The molecule has 0 saturated heterocycles. The summed E-state index contributed by atoms with van der Waals surface area (Å²) in [6, 6.07) is 3.48. The summed E-state index contributed by atoms with van der Waals surface area (Å²) in [5.41, 5.74) is 0.717. The van der Waals surface area contributed by atoms with Crippen LogP contribution in [0.25, 0.3) is 0 Å². The number of aliphatic hydroxyl groups excluding tert-OH is 1. The Labute approximate surface area is 113 Å². The molecule has 6 heteroatoms. The second kappa shape index (κ2) is 8.02. The second-order valence-corrected chi connectivity index (χ2v) is 3.53. The summed E-state index contributed by atoms with van der Waals surface area (Å²) in [7, 11) is 6.42. The number of hydrogen-bond acceptors (Lipinski definition) is 5. The SMILES string of the molecule is CNCC(O)c1cc(OC)c(OC)c(OC)c1.Cl. The topological polar surface area (TPSA) is 60.0 Å². The molecule has 1 rings (SSSR count). The zero-order valence-corrected chi connectivity index (χ0v) is 11.8. The van der Waals surface area contributed by atoms with Gasteiger partial charge in [0.05, 0.1) is 27.4 Å². The van der Waals surface area contributed by atoms with Gasteiger partial charge in [0.2, 0.25) is 5.75 Å². The Morgan fingerprint density at radius 1 is 1.11 bits per heavy atom. The lowest BCUT2D eigenvalue weighted by atomic mass is 10.1. The summed E-state index contributed by atoms with van der Waals surface area (Å²) in [5.74, 6) is 1.60. The van der Waals surface area contributed by atoms with Crippen molar-refractivity contribution in [2.45, 2.75) is 6.10 Å². The van der Waals surface area contributed by atoms with E-state index < -0.39 is 6.10 Å². The fourth-order valence-corrected chi connectivity index (χ4v) is 1.60. The van der Waals surface area contributed by atoms with Crippen molar-refractivity contribution in [2.75, 3.05) is 34.9 Å². The van der Waals surface area contributed by atoms with Gasteiger partial charge in [0.15, 0.2) is 11.5 Å². The van der Waals surface area contributed by atoms with Gasteiger partial charge in [-0.1, -0.05) is 0 Å². The van der Waals surface area contributed by atoms with E-state index >= 15 is 0 Å². The quantitative estimate of drug-likeness (QED) is 0.823. The van der Waals surface area contributed by atoms with Crippen molar-refractivity contribution in [1.29, 1.82) is 0 Å². The van der Waals surface area contributed by atoms with Crippen molar-refractivity contribution in [3.63, 3.8) is 0 Å². The standard InChI is InChI=1S/C12H19NO4.ClH/c1-13-7-9(14)8-5-10(15-2)12(17-4)11(6-8)16-3;/h5-6,9,13-14H,7H2,1-4H3;1H. The Bertz CT molecular complexity index is 348. The van der Waals surface area contributed by atoms with Crippen LogP contribution in [0.15, 0.2) is 12.1 Å². The molecule has 5 nitrogen and oxygen atoms in total. The molecule has 0 radical (unpaired) electrons. The molecule has 1 unspecified atom stereocenters. The number of nitrogens with one attached hydrogen (secondary N) is 1. The van der Waals surface area contributed by atoms with Crippen LogP contribution in [-0.4, -0.2) is 40.0 Å². The van der Waals surface area contributed by atoms with Crippen molar-refractivity contribution in [3.8, 4) is 17.2 Å².